The third-order valence-corrected chi connectivity index (χ3v) is 9.50. The number of carbonyl (C=O) groups excluding carboxylic acids is 1. The van der Waals surface area contributed by atoms with Crippen LogP contribution in [0.25, 0.3) is 11.4 Å². The van der Waals surface area contributed by atoms with Gasteiger partial charge in [-0.2, -0.15) is 32.5 Å². The lowest BCUT2D eigenvalue weighted by Gasteiger charge is -2.23. The second-order valence-electron chi connectivity index (χ2n) is 12.8. The van der Waals surface area contributed by atoms with Gasteiger partial charge < -0.3 is 10.2 Å². The Labute approximate surface area is 300 Å². The molecule has 1 aromatic heterocycles. The molecule has 3 aromatic carbocycles. The minimum atomic E-state index is -4.91. The first kappa shape index (κ1) is 37.5. The van der Waals surface area contributed by atoms with Crippen LogP contribution in [0.3, 0.4) is 0 Å². The van der Waals surface area contributed by atoms with Gasteiger partial charge in [-0.25, -0.2) is 9.98 Å². The summed E-state index contributed by atoms with van der Waals surface area (Å²) in [6, 6.07) is 18.4. The van der Waals surface area contributed by atoms with Crippen molar-refractivity contribution in [2.75, 3.05) is 23.3 Å². The summed E-state index contributed by atoms with van der Waals surface area (Å²) in [5, 5.41) is 30.0. The molecule has 268 valence electrons. The lowest BCUT2D eigenvalue weighted by atomic mass is 9.87. The Hall–Kier alpha value is -5.79. The predicted molar refractivity (Wildman–Crippen MR) is 192 cm³/mol. The van der Waals surface area contributed by atoms with E-state index in [1.54, 1.807) is 12.1 Å². The molecule has 4 aromatic rings. The van der Waals surface area contributed by atoms with Crippen molar-refractivity contribution in [1.82, 2.24) is 14.9 Å². The molecule has 3 N–H and O–H groups in total. The molecule has 0 aliphatic carbocycles. The monoisotopic (exact) mass is 743 g/mol. The van der Waals surface area contributed by atoms with Gasteiger partial charge in [0.2, 0.25) is 5.82 Å². The Balaban J connectivity index is 1.42. The van der Waals surface area contributed by atoms with Gasteiger partial charge in [-0.05, 0) is 73.2 Å². The summed E-state index contributed by atoms with van der Waals surface area (Å²) >= 11 is 0. The topological polar surface area (TPSA) is 244 Å². The number of aryl methyl sites for hydroxylation is 1. The molecule has 0 atom stereocenters. The molecule has 16 nitrogen and oxygen atoms in total. The lowest BCUT2D eigenvalue weighted by molar-refractivity contribution is 0.102. The maximum Gasteiger partial charge on any atom is 0.294 e. The van der Waals surface area contributed by atoms with Gasteiger partial charge in [0.25, 0.3) is 26.1 Å². The van der Waals surface area contributed by atoms with Gasteiger partial charge in [0.15, 0.2) is 5.82 Å². The van der Waals surface area contributed by atoms with Crippen LogP contribution < -0.4 is 10.2 Å². The van der Waals surface area contributed by atoms with E-state index in [1.807, 2.05) is 50.8 Å². The molecule has 52 heavy (non-hydrogen) atoms. The first-order valence-corrected chi connectivity index (χ1v) is 18.5. The average Bonchev–Trinajstić information content (AvgIpc) is 3.64. The Morgan fingerprint density at radius 3 is 2.04 bits per heavy atom. The highest BCUT2D eigenvalue weighted by Gasteiger charge is 2.35. The van der Waals surface area contributed by atoms with E-state index in [1.165, 1.54) is 16.9 Å². The molecule has 1 amide bonds. The zero-order valence-corrected chi connectivity index (χ0v) is 30.1. The SMILES string of the molecule is Cc1cc(N(CCC#N)CCC#N)ccc1N=C1C(C(C)(C)C)=Nn2nc(-c3ccc(NC(=O)c4cc(S(=O)(=O)O)cc(S(=O)(=O)O)c4)cc3)nc21. The van der Waals surface area contributed by atoms with E-state index in [0.29, 0.717) is 66.3 Å². The van der Waals surface area contributed by atoms with Crippen LogP contribution in [0, 0.1) is 35.0 Å². The molecule has 0 bridgehead atoms. The number of amides is 1. The predicted octanol–water partition coefficient (Wildman–Crippen LogP) is 5.02. The highest BCUT2D eigenvalue weighted by molar-refractivity contribution is 7.86. The zero-order chi connectivity index (χ0) is 38.0. The fraction of sp³-hybridized carbons (Fsp3) is 0.265. The largest absolute Gasteiger partial charge is 0.369 e. The first-order valence-electron chi connectivity index (χ1n) is 15.7. The fourth-order valence-electron chi connectivity index (χ4n) is 5.23. The van der Waals surface area contributed by atoms with Gasteiger partial charge in [-0.3, -0.25) is 13.9 Å². The second-order valence-corrected chi connectivity index (χ2v) is 15.6. The van der Waals surface area contributed by atoms with E-state index < -0.39 is 46.9 Å². The summed E-state index contributed by atoms with van der Waals surface area (Å²) in [7, 11) is -9.81. The number of nitrogens with one attached hydrogen (secondary N) is 1. The van der Waals surface area contributed by atoms with E-state index in [4.69, 9.17) is 25.6 Å². The first-order chi connectivity index (χ1) is 24.4. The van der Waals surface area contributed by atoms with Crippen molar-refractivity contribution >= 4 is 54.6 Å². The van der Waals surface area contributed by atoms with Crippen molar-refractivity contribution in [2.45, 2.75) is 50.3 Å². The second kappa shape index (κ2) is 14.4. The summed E-state index contributed by atoms with van der Waals surface area (Å²) in [5.41, 5.74) is 3.59. The van der Waals surface area contributed by atoms with Crippen molar-refractivity contribution < 1.29 is 30.7 Å². The maximum absolute atomic E-state index is 12.9. The molecule has 5 rings (SSSR count). The number of carbonyl (C=O) groups is 1. The molecule has 0 radical (unpaired) electrons. The van der Waals surface area contributed by atoms with Crippen LogP contribution in [0.15, 0.2) is 80.5 Å². The maximum atomic E-state index is 12.9. The van der Waals surface area contributed by atoms with Gasteiger partial charge in [0.05, 0.1) is 46.2 Å². The number of hydrogen-bond acceptors (Lipinski definition) is 12. The van der Waals surface area contributed by atoms with Crippen LogP contribution in [-0.4, -0.2) is 71.2 Å². The molecule has 18 heteroatoms. The fourth-order valence-corrected chi connectivity index (χ4v) is 6.41. The quantitative estimate of drug-likeness (QED) is 0.172. The number of nitriles is 2. The van der Waals surface area contributed by atoms with E-state index in [9.17, 15) is 30.7 Å². The summed E-state index contributed by atoms with van der Waals surface area (Å²) in [4.78, 5) is 24.3. The van der Waals surface area contributed by atoms with Crippen molar-refractivity contribution in [3.05, 3.63) is 77.6 Å². The molecule has 0 spiro atoms. The van der Waals surface area contributed by atoms with E-state index in [0.717, 1.165) is 23.4 Å². The molecular formula is C34H33N9O7S2. The molecule has 0 fully saturated rings. The van der Waals surface area contributed by atoms with Crippen molar-refractivity contribution in [3.8, 4) is 23.5 Å². The van der Waals surface area contributed by atoms with Crippen LogP contribution in [0.1, 0.15) is 55.4 Å². The zero-order valence-electron chi connectivity index (χ0n) is 28.4. The molecule has 0 saturated carbocycles. The highest BCUT2D eigenvalue weighted by atomic mass is 32.2. The molecule has 1 aliphatic heterocycles. The molecular weight excluding hydrogens is 711 g/mol. The smallest absolute Gasteiger partial charge is 0.294 e. The number of rotatable bonds is 11. The van der Waals surface area contributed by atoms with Crippen LogP contribution in [0.2, 0.25) is 0 Å². The van der Waals surface area contributed by atoms with Gasteiger partial charge in [0.1, 0.15) is 5.71 Å². The van der Waals surface area contributed by atoms with Crippen LogP contribution in [0.4, 0.5) is 17.1 Å². The lowest BCUT2D eigenvalue weighted by Crippen LogP contribution is -2.27. The Morgan fingerprint density at radius 1 is 0.923 bits per heavy atom. The molecule has 1 aliphatic rings. The summed E-state index contributed by atoms with van der Waals surface area (Å²) < 4.78 is 65.4. The number of aliphatic imine (C=N–C) groups is 1. The number of anilines is 2. The molecule has 0 unspecified atom stereocenters. The van der Waals surface area contributed by atoms with Crippen LogP contribution >= 0.6 is 0 Å². The van der Waals surface area contributed by atoms with Gasteiger partial charge in [-0.15, -0.1) is 9.89 Å². The highest BCUT2D eigenvalue weighted by Crippen LogP contribution is 2.31. The van der Waals surface area contributed by atoms with Crippen molar-refractivity contribution in [1.29, 1.82) is 10.5 Å². The van der Waals surface area contributed by atoms with E-state index >= 15 is 0 Å². The van der Waals surface area contributed by atoms with Gasteiger partial charge in [0, 0.05) is 41.0 Å². The van der Waals surface area contributed by atoms with Crippen molar-refractivity contribution in [2.24, 2.45) is 15.5 Å². The normalized spacial score (nSPS) is 13.6. The van der Waals surface area contributed by atoms with Crippen molar-refractivity contribution in [3.63, 3.8) is 0 Å². The third kappa shape index (κ3) is 8.39. The van der Waals surface area contributed by atoms with Gasteiger partial charge >= 0.3 is 0 Å². The Bertz CT molecular complexity index is 2370. The summed E-state index contributed by atoms with van der Waals surface area (Å²) in [6.07, 6.45) is 0.647. The molecule has 0 saturated heterocycles. The number of aromatic nitrogens is 3. The van der Waals surface area contributed by atoms with Crippen LogP contribution in [0.5, 0.6) is 0 Å². The minimum Gasteiger partial charge on any atom is -0.369 e. The standard InChI is InChI=1S/C34H33N9O7S2/c1-21-17-25(42(15-5-13-35)16-6-14-36)11-12-28(21)38-29-30(34(2,3)4)40-43-32(29)39-31(41-43)22-7-9-24(10-8-22)37-33(44)23-18-26(51(45,46)47)20-27(19-23)52(48,49)50/h7-12,17-20H,5-6,15-16H2,1-4H3,(H,37,44)(H,45,46,47)(H,48,49,50). The number of benzene rings is 3. The average molecular weight is 744 g/mol. The Morgan fingerprint density at radius 2 is 1.52 bits per heavy atom. The van der Waals surface area contributed by atoms with Gasteiger partial charge in [-0.1, -0.05) is 20.8 Å². The summed E-state index contributed by atoms with van der Waals surface area (Å²) in [6.45, 7) is 8.92. The number of hydrogen-bond donors (Lipinski definition) is 3. The third-order valence-electron chi connectivity index (χ3n) is 7.84. The summed E-state index contributed by atoms with van der Waals surface area (Å²) in [5.74, 6) is -0.181. The van der Waals surface area contributed by atoms with E-state index in [2.05, 4.69) is 22.6 Å². The Kier molecular flexibility index (Phi) is 10.4. The minimum absolute atomic E-state index is 0.249. The van der Waals surface area contributed by atoms with Crippen LogP contribution in [-0.2, 0) is 20.2 Å². The number of nitrogens with zero attached hydrogens (tertiary/aromatic N) is 8. The molecule has 2 heterocycles. The number of fused-ring (bicyclic) bond motifs is 1. The van der Waals surface area contributed by atoms with E-state index in [-0.39, 0.29) is 5.69 Å².